The lowest BCUT2D eigenvalue weighted by molar-refractivity contribution is -0.123. The first kappa shape index (κ1) is 27.8. The molecule has 2 aromatic carbocycles. The van der Waals surface area contributed by atoms with Gasteiger partial charge < -0.3 is 19.9 Å². The van der Waals surface area contributed by atoms with Crippen LogP contribution < -0.4 is 15.0 Å². The quantitative estimate of drug-likeness (QED) is 0.356. The number of halogens is 3. The fraction of sp³-hybridized carbons (Fsp3) is 0.276. The first-order valence-corrected chi connectivity index (χ1v) is 13.1. The number of anilines is 1. The number of fused-ring (bicyclic) bond motifs is 1. The Kier molecular flexibility index (Phi) is 7.99. The van der Waals surface area contributed by atoms with E-state index in [9.17, 15) is 22.8 Å². The van der Waals surface area contributed by atoms with Crippen LogP contribution in [0.15, 0.2) is 67.0 Å². The summed E-state index contributed by atoms with van der Waals surface area (Å²) in [6, 6.07) is 16.3. The van der Waals surface area contributed by atoms with Gasteiger partial charge in [0.1, 0.15) is 12.3 Å². The molecular formula is C29H27F3N6O3. The van der Waals surface area contributed by atoms with Gasteiger partial charge in [0, 0.05) is 43.5 Å². The highest BCUT2D eigenvalue weighted by Crippen LogP contribution is 2.33. The highest BCUT2D eigenvalue weighted by molar-refractivity contribution is 6.11. The van der Waals surface area contributed by atoms with E-state index < -0.39 is 18.6 Å². The van der Waals surface area contributed by atoms with Crippen LogP contribution in [0.4, 0.5) is 19.0 Å². The van der Waals surface area contributed by atoms with Gasteiger partial charge in [-0.25, -0.2) is 0 Å². The standard InChI is InChI=1S/C29H27F3N6O3/c1-2-41-20-15-19(16-33-17-20)21-7-8-24(23-6-4-3-5-22(21)23)28(40)38-13-11-37(12-14-38)26-10-9-25(35-36-26)27(39)34-18-29(30,31)32/h3-10,15-17H,2,11-14,18H2,1H3,(H,34,39). The molecule has 0 bridgehead atoms. The van der Waals surface area contributed by atoms with Crippen molar-refractivity contribution in [1.29, 1.82) is 0 Å². The molecule has 0 radical (unpaired) electrons. The van der Waals surface area contributed by atoms with Crippen LogP contribution in [0.5, 0.6) is 5.75 Å². The second-order valence-corrected chi connectivity index (χ2v) is 9.40. The maximum absolute atomic E-state index is 13.6. The van der Waals surface area contributed by atoms with Crippen molar-refractivity contribution >= 4 is 28.4 Å². The molecule has 0 unspecified atom stereocenters. The second-order valence-electron chi connectivity index (χ2n) is 9.40. The average Bonchev–Trinajstić information content (AvgIpc) is 2.99. The molecule has 0 spiro atoms. The Morgan fingerprint density at radius 1 is 0.951 bits per heavy atom. The summed E-state index contributed by atoms with van der Waals surface area (Å²) >= 11 is 0. The zero-order chi connectivity index (χ0) is 29.0. The van der Waals surface area contributed by atoms with Gasteiger partial charge in [0.05, 0.1) is 12.8 Å². The van der Waals surface area contributed by atoms with E-state index >= 15 is 0 Å². The Labute approximate surface area is 234 Å². The van der Waals surface area contributed by atoms with Gasteiger partial charge in [-0.2, -0.15) is 13.2 Å². The van der Waals surface area contributed by atoms with Gasteiger partial charge in [0.15, 0.2) is 11.5 Å². The maximum atomic E-state index is 13.6. The van der Waals surface area contributed by atoms with Crippen molar-refractivity contribution in [2.24, 2.45) is 0 Å². The molecule has 1 aliphatic heterocycles. The minimum Gasteiger partial charge on any atom is -0.492 e. The van der Waals surface area contributed by atoms with E-state index in [1.54, 1.807) is 22.6 Å². The lowest BCUT2D eigenvalue weighted by atomic mass is 9.95. The molecule has 1 aliphatic rings. The highest BCUT2D eigenvalue weighted by atomic mass is 19.4. The fourth-order valence-electron chi connectivity index (χ4n) is 4.74. The third kappa shape index (κ3) is 6.37. The van der Waals surface area contributed by atoms with Crippen molar-refractivity contribution in [3.05, 3.63) is 78.2 Å². The number of rotatable bonds is 7. The Bertz CT molecular complexity index is 1550. The van der Waals surface area contributed by atoms with Gasteiger partial charge in [-0.1, -0.05) is 30.3 Å². The molecule has 4 aromatic rings. The molecule has 212 valence electrons. The summed E-state index contributed by atoms with van der Waals surface area (Å²) in [5, 5.41) is 11.3. The maximum Gasteiger partial charge on any atom is 0.405 e. The number of carbonyl (C=O) groups is 2. The van der Waals surface area contributed by atoms with Crippen molar-refractivity contribution in [1.82, 2.24) is 25.4 Å². The summed E-state index contributed by atoms with van der Waals surface area (Å²) in [6.45, 7) is 2.83. The third-order valence-electron chi connectivity index (χ3n) is 6.71. The van der Waals surface area contributed by atoms with E-state index in [0.717, 1.165) is 21.9 Å². The highest BCUT2D eigenvalue weighted by Gasteiger charge is 2.29. The fourth-order valence-corrected chi connectivity index (χ4v) is 4.74. The summed E-state index contributed by atoms with van der Waals surface area (Å²) in [5.41, 5.74) is 2.23. The van der Waals surface area contributed by atoms with Crippen LogP contribution in [0, 0.1) is 0 Å². The molecule has 1 saturated heterocycles. The van der Waals surface area contributed by atoms with Crippen LogP contribution in [-0.4, -0.2) is 77.4 Å². The number of piperazine rings is 1. The Hall–Kier alpha value is -4.74. The van der Waals surface area contributed by atoms with Crippen molar-refractivity contribution in [3.8, 4) is 16.9 Å². The monoisotopic (exact) mass is 564 g/mol. The smallest absolute Gasteiger partial charge is 0.405 e. The molecule has 0 aliphatic carbocycles. The summed E-state index contributed by atoms with van der Waals surface area (Å²) in [6.07, 6.45) is -1.07. The predicted molar refractivity (Wildman–Crippen MR) is 147 cm³/mol. The molecule has 0 atom stereocenters. The number of nitrogens with zero attached hydrogens (tertiary/aromatic N) is 5. The van der Waals surface area contributed by atoms with E-state index in [0.29, 0.717) is 49.9 Å². The van der Waals surface area contributed by atoms with Gasteiger partial charge in [-0.3, -0.25) is 14.6 Å². The molecular weight excluding hydrogens is 537 g/mol. The first-order valence-electron chi connectivity index (χ1n) is 13.1. The van der Waals surface area contributed by atoms with Gasteiger partial charge in [0.25, 0.3) is 11.8 Å². The Morgan fingerprint density at radius 3 is 2.39 bits per heavy atom. The number of aromatic nitrogens is 3. The van der Waals surface area contributed by atoms with Gasteiger partial charge in [0.2, 0.25) is 0 Å². The minimum atomic E-state index is -4.51. The summed E-state index contributed by atoms with van der Waals surface area (Å²) in [7, 11) is 0. The molecule has 5 rings (SSSR count). The number of carbonyl (C=O) groups excluding carboxylic acids is 2. The lowest BCUT2D eigenvalue weighted by Crippen LogP contribution is -2.49. The van der Waals surface area contributed by atoms with Crippen LogP contribution in [0.3, 0.4) is 0 Å². The second kappa shape index (κ2) is 11.8. The number of ether oxygens (including phenoxy) is 1. The number of pyridine rings is 1. The van der Waals surface area contributed by atoms with Gasteiger partial charge >= 0.3 is 6.18 Å². The molecule has 0 saturated carbocycles. The average molecular weight is 565 g/mol. The largest absolute Gasteiger partial charge is 0.492 e. The summed E-state index contributed by atoms with van der Waals surface area (Å²) < 4.78 is 42.6. The SMILES string of the molecule is CCOc1cncc(-c2ccc(C(=O)N3CCN(c4ccc(C(=O)NCC(F)(F)F)nn4)CC3)c3ccccc23)c1. The molecule has 9 nitrogen and oxygen atoms in total. The van der Waals surface area contributed by atoms with Crippen molar-refractivity contribution < 1.29 is 27.5 Å². The van der Waals surface area contributed by atoms with E-state index in [1.807, 2.05) is 54.3 Å². The minimum absolute atomic E-state index is 0.0867. The molecule has 41 heavy (non-hydrogen) atoms. The number of hydrogen-bond acceptors (Lipinski definition) is 7. The Morgan fingerprint density at radius 2 is 1.71 bits per heavy atom. The lowest BCUT2D eigenvalue weighted by Gasteiger charge is -2.35. The van der Waals surface area contributed by atoms with Crippen LogP contribution in [0.25, 0.3) is 21.9 Å². The number of hydrogen-bond donors (Lipinski definition) is 1. The molecule has 3 heterocycles. The molecule has 12 heteroatoms. The van der Waals surface area contributed by atoms with E-state index in [1.165, 1.54) is 12.1 Å². The third-order valence-corrected chi connectivity index (χ3v) is 6.71. The zero-order valence-corrected chi connectivity index (χ0v) is 22.2. The van der Waals surface area contributed by atoms with Crippen molar-refractivity contribution in [2.45, 2.75) is 13.1 Å². The van der Waals surface area contributed by atoms with E-state index in [-0.39, 0.29) is 11.6 Å². The summed E-state index contributed by atoms with van der Waals surface area (Å²) in [4.78, 5) is 33.5. The van der Waals surface area contributed by atoms with E-state index in [4.69, 9.17) is 4.74 Å². The molecule has 2 amide bonds. The van der Waals surface area contributed by atoms with E-state index in [2.05, 4.69) is 15.2 Å². The van der Waals surface area contributed by atoms with Crippen LogP contribution >= 0.6 is 0 Å². The molecule has 1 N–H and O–H groups in total. The van der Waals surface area contributed by atoms with Crippen LogP contribution in [0.1, 0.15) is 27.8 Å². The van der Waals surface area contributed by atoms with Gasteiger partial charge in [-0.15, -0.1) is 10.2 Å². The topological polar surface area (TPSA) is 101 Å². The van der Waals surface area contributed by atoms with Gasteiger partial charge in [-0.05, 0) is 47.5 Å². The first-order chi connectivity index (χ1) is 19.7. The van der Waals surface area contributed by atoms with Crippen LogP contribution in [0.2, 0.25) is 0 Å². The number of nitrogens with one attached hydrogen (secondary N) is 1. The number of amides is 2. The normalized spacial score (nSPS) is 13.8. The van der Waals surface area contributed by atoms with Crippen LogP contribution in [-0.2, 0) is 0 Å². The van der Waals surface area contributed by atoms with Crippen molar-refractivity contribution in [3.63, 3.8) is 0 Å². The molecule has 1 fully saturated rings. The molecule has 2 aromatic heterocycles. The Balaban J connectivity index is 1.27. The summed E-state index contributed by atoms with van der Waals surface area (Å²) in [5.74, 6) is 0.114. The number of alkyl halides is 3. The zero-order valence-electron chi connectivity index (χ0n) is 22.2. The number of benzene rings is 2. The predicted octanol–water partition coefficient (Wildman–Crippen LogP) is 4.35. The van der Waals surface area contributed by atoms with Crippen molar-refractivity contribution in [2.75, 3.05) is 44.2 Å².